The summed E-state index contributed by atoms with van der Waals surface area (Å²) in [6.45, 7) is 0.879. The lowest BCUT2D eigenvalue weighted by Gasteiger charge is -2.33. The Bertz CT molecular complexity index is 1140. The molecule has 1 aliphatic heterocycles. The van der Waals surface area contributed by atoms with Gasteiger partial charge in [-0.25, -0.2) is 4.79 Å². The van der Waals surface area contributed by atoms with Gasteiger partial charge in [0.05, 0.1) is 18.8 Å². The zero-order valence-electron chi connectivity index (χ0n) is 16.4. The Morgan fingerprint density at radius 1 is 1.17 bits per heavy atom. The highest BCUT2D eigenvalue weighted by Crippen LogP contribution is 2.30. The molecule has 0 radical (unpaired) electrons. The third-order valence-corrected chi connectivity index (χ3v) is 5.27. The number of hydrazone groups is 1. The van der Waals surface area contributed by atoms with Crippen LogP contribution in [0.15, 0.2) is 69.5 Å². The van der Waals surface area contributed by atoms with E-state index in [4.69, 9.17) is 0 Å². The first-order valence-corrected chi connectivity index (χ1v) is 9.94. The first-order valence-electron chi connectivity index (χ1n) is 9.94. The summed E-state index contributed by atoms with van der Waals surface area (Å²) in [5.41, 5.74) is 0.519. The minimum absolute atomic E-state index is 0.0407. The first kappa shape index (κ1) is 19.6. The number of nitrogens with zero attached hydrogens (tertiary/aromatic N) is 4. The van der Waals surface area contributed by atoms with Crippen molar-refractivity contribution in [3.8, 4) is 5.88 Å². The number of hydrogen-bond acceptors (Lipinski definition) is 6. The number of hydrogen-bond donors (Lipinski definition) is 2. The van der Waals surface area contributed by atoms with Gasteiger partial charge >= 0.3 is 5.69 Å². The molecule has 2 N–H and O–H groups in total. The van der Waals surface area contributed by atoms with Crippen LogP contribution in [0.25, 0.3) is 0 Å². The van der Waals surface area contributed by atoms with Crippen molar-refractivity contribution in [3.05, 3.63) is 92.4 Å². The van der Waals surface area contributed by atoms with Crippen LogP contribution in [0.1, 0.15) is 42.0 Å². The zero-order chi connectivity index (χ0) is 20.9. The second-order valence-electron chi connectivity index (χ2n) is 7.27. The van der Waals surface area contributed by atoms with Crippen LogP contribution in [0.4, 0.5) is 0 Å². The summed E-state index contributed by atoms with van der Waals surface area (Å²) in [5.74, 6) is -0.397. The van der Waals surface area contributed by atoms with E-state index in [0.29, 0.717) is 0 Å². The largest absolute Gasteiger partial charge is 0.494 e. The summed E-state index contributed by atoms with van der Waals surface area (Å²) in [6.07, 6.45) is 7.89. The fourth-order valence-corrected chi connectivity index (χ4v) is 3.70. The molecule has 0 saturated carbocycles. The number of benzene rings is 1. The first-order chi connectivity index (χ1) is 14.6. The second kappa shape index (κ2) is 8.77. The van der Waals surface area contributed by atoms with Crippen molar-refractivity contribution in [1.29, 1.82) is 0 Å². The number of rotatable bonds is 5. The Labute approximate surface area is 173 Å². The number of piperidine rings is 1. The van der Waals surface area contributed by atoms with Crippen molar-refractivity contribution < 1.29 is 5.11 Å². The molecule has 1 saturated heterocycles. The van der Waals surface area contributed by atoms with E-state index in [0.717, 1.165) is 41.5 Å². The Morgan fingerprint density at radius 2 is 2.00 bits per heavy atom. The SMILES string of the molecule is O=c1[nH]c(=O)n(Cc2ccccc2)c(O)c1C=NN1CCCC[C@@H]1c1cccnc1. The molecule has 4 rings (SSSR count). The molecular weight excluding hydrogens is 382 g/mol. The number of aromatic amines is 1. The van der Waals surface area contributed by atoms with Crippen molar-refractivity contribution in [1.82, 2.24) is 19.5 Å². The van der Waals surface area contributed by atoms with Gasteiger partial charge in [-0.1, -0.05) is 36.4 Å². The standard InChI is InChI=1S/C22H23N5O3/c28-20-18(21(29)26(22(30)25-20)15-16-7-2-1-3-8-16)14-24-27-12-5-4-10-19(27)17-9-6-11-23-13-17/h1-3,6-9,11,13-14,19,29H,4-5,10,12,15H2,(H,25,28,30)/t19-/m1/s1. The molecule has 30 heavy (non-hydrogen) atoms. The number of aromatic hydroxyl groups is 1. The Balaban J connectivity index is 1.65. The van der Waals surface area contributed by atoms with Crippen LogP contribution in [-0.2, 0) is 6.54 Å². The molecule has 3 heterocycles. The van der Waals surface area contributed by atoms with Gasteiger partial charge in [0.1, 0.15) is 5.56 Å². The topological polar surface area (TPSA) is 104 Å². The van der Waals surface area contributed by atoms with Gasteiger partial charge in [0.2, 0.25) is 5.88 Å². The van der Waals surface area contributed by atoms with Crippen LogP contribution >= 0.6 is 0 Å². The van der Waals surface area contributed by atoms with Gasteiger partial charge in [0, 0.05) is 18.9 Å². The van der Waals surface area contributed by atoms with Gasteiger partial charge in [-0.15, -0.1) is 0 Å². The molecule has 8 nitrogen and oxygen atoms in total. The van der Waals surface area contributed by atoms with E-state index in [2.05, 4.69) is 15.1 Å². The third kappa shape index (κ3) is 4.17. The van der Waals surface area contributed by atoms with Crippen LogP contribution in [-0.4, -0.2) is 37.4 Å². The molecule has 1 aliphatic rings. The quantitative estimate of drug-likeness (QED) is 0.634. The maximum absolute atomic E-state index is 12.3. The summed E-state index contributed by atoms with van der Waals surface area (Å²) >= 11 is 0. The normalized spacial score (nSPS) is 16.8. The Morgan fingerprint density at radius 3 is 2.77 bits per heavy atom. The van der Waals surface area contributed by atoms with Crippen molar-refractivity contribution in [2.24, 2.45) is 5.10 Å². The van der Waals surface area contributed by atoms with E-state index < -0.39 is 17.1 Å². The zero-order valence-corrected chi connectivity index (χ0v) is 16.4. The Hall–Kier alpha value is -3.68. The molecule has 0 aliphatic carbocycles. The van der Waals surface area contributed by atoms with E-state index in [-0.39, 0.29) is 18.2 Å². The van der Waals surface area contributed by atoms with Crippen molar-refractivity contribution in [2.45, 2.75) is 31.8 Å². The van der Waals surface area contributed by atoms with Gasteiger partial charge in [-0.05, 0) is 36.5 Å². The van der Waals surface area contributed by atoms with Crippen molar-refractivity contribution >= 4 is 6.21 Å². The molecule has 0 bridgehead atoms. The van der Waals surface area contributed by atoms with Crippen molar-refractivity contribution in [3.63, 3.8) is 0 Å². The molecule has 1 atom stereocenters. The molecule has 2 aromatic heterocycles. The summed E-state index contributed by atoms with van der Waals surface area (Å²) in [5, 5.41) is 17.1. The predicted molar refractivity (Wildman–Crippen MR) is 114 cm³/mol. The van der Waals surface area contributed by atoms with Gasteiger partial charge < -0.3 is 5.11 Å². The summed E-state index contributed by atoms with van der Waals surface area (Å²) < 4.78 is 1.13. The highest BCUT2D eigenvalue weighted by atomic mass is 16.3. The van der Waals surface area contributed by atoms with E-state index in [1.54, 1.807) is 6.20 Å². The average Bonchev–Trinajstić information content (AvgIpc) is 2.78. The monoisotopic (exact) mass is 405 g/mol. The minimum Gasteiger partial charge on any atom is -0.494 e. The molecule has 3 aromatic rings. The molecule has 154 valence electrons. The fraction of sp³-hybridized carbons (Fsp3) is 0.273. The molecule has 0 amide bonds. The number of nitrogens with one attached hydrogen (secondary N) is 1. The van der Waals surface area contributed by atoms with Crippen molar-refractivity contribution in [2.75, 3.05) is 6.54 Å². The van der Waals surface area contributed by atoms with Crippen LogP contribution in [0.5, 0.6) is 5.88 Å². The van der Waals surface area contributed by atoms with E-state index in [9.17, 15) is 14.7 Å². The van der Waals surface area contributed by atoms with Crippen LogP contribution in [0, 0.1) is 0 Å². The summed E-state index contributed by atoms with van der Waals surface area (Å²) in [4.78, 5) is 31.0. The van der Waals surface area contributed by atoms with Crippen LogP contribution in [0.3, 0.4) is 0 Å². The molecule has 1 aromatic carbocycles. The molecule has 0 spiro atoms. The number of aromatic nitrogens is 3. The number of pyridine rings is 1. The summed E-state index contributed by atoms with van der Waals surface area (Å²) in [6, 6.07) is 13.2. The number of H-pyrrole nitrogens is 1. The van der Waals surface area contributed by atoms with E-state index in [1.807, 2.05) is 53.7 Å². The smallest absolute Gasteiger partial charge is 0.331 e. The minimum atomic E-state index is -0.666. The molecular formula is C22H23N5O3. The van der Waals surface area contributed by atoms with Crippen LogP contribution in [0.2, 0.25) is 0 Å². The third-order valence-electron chi connectivity index (χ3n) is 5.27. The maximum atomic E-state index is 12.3. The average molecular weight is 405 g/mol. The van der Waals surface area contributed by atoms with Gasteiger partial charge in [-0.2, -0.15) is 5.10 Å². The maximum Gasteiger partial charge on any atom is 0.331 e. The lowest BCUT2D eigenvalue weighted by atomic mass is 9.98. The lowest BCUT2D eigenvalue weighted by molar-refractivity contribution is 0.156. The lowest BCUT2D eigenvalue weighted by Crippen LogP contribution is -2.33. The molecule has 0 unspecified atom stereocenters. The summed E-state index contributed by atoms with van der Waals surface area (Å²) in [7, 11) is 0. The fourth-order valence-electron chi connectivity index (χ4n) is 3.70. The van der Waals surface area contributed by atoms with Gasteiger partial charge in [-0.3, -0.25) is 24.3 Å². The highest BCUT2D eigenvalue weighted by Gasteiger charge is 2.23. The van der Waals surface area contributed by atoms with E-state index >= 15 is 0 Å². The molecule has 8 heteroatoms. The second-order valence-corrected chi connectivity index (χ2v) is 7.27. The van der Waals surface area contributed by atoms with Gasteiger partial charge in [0.15, 0.2) is 0 Å². The van der Waals surface area contributed by atoms with E-state index in [1.165, 1.54) is 6.21 Å². The molecule has 1 fully saturated rings. The van der Waals surface area contributed by atoms with Crippen LogP contribution < -0.4 is 11.2 Å². The van der Waals surface area contributed by atoms with Gasteiger partial charge in [0.25, 0.3) is 5.56 Å². The highest BCUT2D eigenvalue weighted by molar-refractivity contribution is 5.81. The Kier molecular flexibility index (Phi) is 5.74. The predicted octanol–water partition coefficient (Wildman–Crippen LogP) is 2.25.